The second-order valence-electron chi connectivity index (χ2n) is 16.0. The van der Waals surface area contributed by atoms with Crippen molar-refractivity contribution in [3.8, 4) is 5.75 Å². The number of amides is 4. The number of rotatable bonds is 14. The summed E-state index contributed by atoms with van der Waals surface area (Å²) in [4.78, 5) is 115. The minimum atomic E-state index is -5.08. The molecular formula is C43H44F2N7O14P. The lowest BCUT2D eigenvalue weighted by Gasteiger charge is -2.42. The molecule has 354 valence electrons. The molecule has 4 amide bonds. The first kappa shape index (κ1) is 47.9. The molecule has 1 spiro atoms. The fraction of sp³-hybridized carbons (Fsp3) is 0.349. The van der Waals surface area contributed by atoms with Crippen molar-refractivity contribution in [1.29, 1.82) is 0 Å². The van der Waals surface area contributed by atoms with Gasteiger partial charge in [-0.05, 0) is 44.4 Å². The minimum Gasteiger partial charge on any atom is -0.459 e. The maximum atomic E-state index is 14.6. The second kappa shape index (κ2) is 19.8. The highest BCUT2D eigenvalue weighted by molar-refractivity contribution is 7.46. The lowest BCUT2D eigenvalue weighted by atomic mass is 9.84. The minimum absolute atomic E-state index is 0.0586. The van der Waals surface area contributed by atoms with Crippen molar-refractivity contribution in [3.05, 3.63) is 123 Å². The predicted molar refractivity (Wildman–Crippen MR) is 228 cm³/mol. The van der Waals surface area contributed by atoms with E-state index in [1.807, 2.05) is 6.92 Å². The Labute approximate surface area is 380 Å². The van der Waals surface area contributed by atoms with Crippen LogP contribution >= 0.6 is 7.82 Å². The Morgan fingerprint density at radius 1 is 1.03 bits per heavy atom. The number of halogens is 2. The molecule has 1 fully saturated rings. The monoisotopic (exact) mass is 951 g/mol. The number of phosphoric acid groups is 1. The Hall–Kier alpha value is -7.07. The van der Waals surface area contributed by atoms with E-state index in [2.05, 4.69) is 20.0 Å². The third-order valence-corrected chi connectivity index (χ3v) is 11.8. The van der Waals surface area contributed by atoms with Gasteiger partial charge in [0.05, 0.1) is 18.3 Å². The van der Waals surface area contributed by atoms with Crippen molar-refractivity contribution >= 4 is 49.3 Å². The largest absolute Gasteiger partial charge is 0.472 e. The van der Waals surface area contributed by atoms with E-state index in [9.17, 15) is 42.1 Å². The first-order valence-corrected chi connectivity index (χ1v) is 22.1. The molecule has 67 heavy (non-hydrogen) atoms. The Morgan fingerprint density at radius 2 is 1.79 bits per heavy atom. The van der Waals surface area contributed by atoms with Gasteiger partial charge in [0.1, 0.15) is 36.2 Å². The van der Waals surface area contributed by atoms with Crippen molar-refractivity contribution < 1.29 is 70.7 Å². The van der Waals surface area contributed by atoms with Gasteiger partial charge in [0.25, 0.3) is 11.8 Å². The van der Waals surface area contributed by atoms with Crippen molar-refractivity contribution in [2.45, 2.75) is 70.5 Å². The summed E-state index contributed by atoms with van der Waals surface area (Å²) < 4.78 is 61.1. The molecule has 1 saturated heterocycles. The van der Waals surface area contributed by atoms with E-state index >= 15 is 0 Å². The normalized spacial score (nSPS) is 18.5. The Kier molecular flexibility index (Phi) is 14.2. The van der Waals surface area contributed by atoms with E-state index in [4.69, 9.17) is 28.8 Å². The number of hydrogen-bond donors (Lipinski definition) is 3. The average molecular weight is 952 g/mol. The molecule has 4 aromatic rings. The number of aromatic nitrogens is 2. The summed E-state index contributed by atoms with van der Waals surface area (Å²) in [5.74, 6) is -5.53. The second-order valence-corrected chi connectivity index (χ2v) is 17.2. The highest BCUT2D eigenvalue weighted by Gasteiger charge is 2.54. The SMILES string of the molecule is CC1=NO[C@@]2(CC[C@H](C)N3C[C@H]2n2cc(C(=O)NCc4ccc(F)cc4F)c(=O)c(OC(=O)N(C)c4ncccc4CN(CC(=O)OCc4ccccc4)C(=O)OCOP(=O)(O)O)c2C3=O)C1. The van der Waals surface area contributed by atoms with Crippen LogP contribution in [0.2, 0.25) is 0 Å². The van der Waals surface area contributed by atoms with Gasteiger partial charge in [0.2, 0.25) is 18.0 Å². The first-order chi connectivity index (χ1) is 31.8. The zero-order chi connectivity index (χ0) is 48.2. The van der Waals surface area contributed by atoms with Gasteiger partial charge in [-0.15, -0.1) is 0 Å². The number of benzene rings is 2. The number of esters is 1. The number of nitrogens with zero attached hydrogens (tertiary/aromatic N) is 6. The molecular weight excluding hydrogens is 907 g/mol. The summed E-state index contributed by atoms with van der Waals surface area (Å²) in [5.41, 5.74) is -1.99. The van der Waals surface area contributed by atoms with Gasteiger partial charge < -0.3 is 43.6 Å². The number of fused-ring (bicyclic) bond motifs is 5. The van der Waals surface area contributed by atoms with Crippen LogP contribution in [0.3, 0.4) is 0 Å². The Bertz CT molecular complexity index is 2740. The summed E-state index contributed by atoms with van der Waals surface area (Å²) in [6.07, 6.45) is 1.02. The number of anilines is 1. The van der Waals surface area contributed by atoms with Crippen LogP contribution in [-0.4, -0.2) is 103 Å². The molecule has 0 saturated carbocycles. The van der Waals surface area contributed by atoms with Crippen LogP contribution < -0.4 is 20.4 Å². The van der Waals surface area contributed by atoms with Gasteiger partial charge >= 0.3 is 26.0 Å². The number of carbonyl (C=O) groups is 5. The summed E-state index contributed by atoms with van der Waals surface area (Å²) in [6, 6.07) is 13.0. The van der Waals surface area contributed by atoms with Crippen LogP contribution in [0.1, 0.15) is 76.7 Å². The zero-order valence-corrected chi connectivity index (χ0v) is 37.0. The lowest BCUT2D eigenvalue weighted by Crippen LogP contribution is -2.52. The topological polar surface area (TPSA) is 258 Å². The number of carbonyl (C=O) groups excluding carboxylic acids is 5. The van der Waals surface area contributed by atoms with E-state index < -0.39 is 104 Å². The summed E-state index contributed by atoms with van der Waals surface area (Å²) in [5, 5.41) is 6.65. The van der Waals surface area contributed by atoms with Gasteiger partial charge in [0, 0.05) is 62.2 Å². The predicted octanol–water partition coefficient (Wildman–Crippen LogP) is 4.55. The molecule has 3 atom stereocenters. The molecule has 2 bridgehead atoms. The zero-order valence-electron chi connectivity index (χ0n) is 36.1. The van der Waals surface area contributed by atoms with Crippen molar-refractivity contribution in [3.63, 3.8) is 0 Å². The molecule has 21 nitrogen and oxygen atoms in total. The molecule has 0 unspecified atom stereocenters. The quantitative estimate of drug-likeness (QED) is 0.0890. The van der Waals surface area contributed by atoms with Crippen LogP contribution in [0.25, 0.3) is 0 Å². The number of oxime groups is 1. The molecule has 0 aliphatic carbocycles. The fourth-order valence-electron chi connectivity index (χ4n) is 7.97. The molecule has 2 aromatic carbocycles. The smallest absolute Gasteiger partial charge is 0.459 e. The van der Waals surface area contributed by atoms with Crippen molar-refractivity contribution in [1.82, 2.24) is 24.7 Å². The van der Waals surface area contributed by atoms with Gasteiger partial charge in [-0.2, -0.15) is 0 Å². The summed E-state index contributed by atoms with van der Waals surface area (Å²) in [6.45, 7) is 0.470. The van der Waals surface area contributed by atoms with Crippen LogP contribution in [0, 0.1) is 11.6 Å². The number of pyridine rings is 2. The van der Waals surface area contributed by atoms with Gasteiger partial charge in [0.15, 0.2) is 11.3 Å². The highest BCUT2D eigenvalue weighted by Crippen LogP contribution is 2.46. The van der Waals surface area contributed by atoms with Gasteiger partial charge in [-0.3, -0.25) is 29.0 Å². The first-order valence-electron chi connectivity index (χ1n) is 20.6. The molecule has 24 heteroatoms. The maximum Gasteiger partial charge on any atom is 0.472 e. The van der Waals surface area contributed by atoms with Crippen molar-refractivity contribution in [2.24, 2.45) is 5.16 Å². The number of phosphoric ester groups is 1. The van der Waals surface area contributed by atoms with E-state index in [0.717, 1.165) is 28.1 Å². The Morgan fingerprint density at radius 3 is 2.49 bits per heavy atom. The molecule has 3 aliphatic heterocycles. The summed E-state index contributed by atoms with van der Waals surface area (Å²) >= 11 is 0. The van der Waals surface area contributed by atoms with Crippen LogP contribution in [-0.2, 0) is 47.9 Å². The molecule has 3 N–H and O–H groups in total. The molecule has 5 heterocycles. The molecule has 0 radical (unpaired) electrons. The lowest BCUT2D eigenvalue weighted by molar-refractivity contribution is -0.146. The summed E-state index contributed by atoms with van der Waals surface area (Å²) in [7, 11) is -3.89. The Balaban J connectivity index is 1.22. The third-order valence-electron chi connectivity index (χ3n) is 11.4. The highest BCUT2D eigenvalue weighted by atomic mass is 31.2. The van der Waals surface area contributed by atoms with E-state index in [0.29, 0.717) is 36.6 Å². The van der Waals surface area contributed by atoms with Crippen molar-refractivity contribution in [2.75, 3.05) is 31.8 Å². The van der Waals surface area contributed by atoms with Crippen LogP contribution in [0.4, 0.5) is 24.2 Å². The number of ether oxygens (including phenoxy) is 3. The van der Waals surface area contributed by atoms with Gasteiger partial charge in [-0.25, -0.2) is 32.4 Å². The third kappa shape index (κ3) is 10.8. The molecule has 3 aliphatic rings. The average Bonchev–Trinajstić information content (AvgIpc) is 3.62. The van der Waals surface area contributed by atoms with Crippen LogP contribution in [0.15, 0.2) is 83.0 Å². The molecule has 7 rings (SSSR count). The van der Waals surface area contributed by atoms with Crippen LogP contribution in [0.5, 0.6) is 5.75 Å². The van der Waals surface area contributed by atoms with E-state index in [1.165, 1.54) is 34.8 Å². The molecule has 2 aromatic heterocycles. The number of hydrogen-bond acceptors (Lipinski definition) is 14. The fourth-order valence-corrected chi connectivity index (χ4v) is 8.16. The number of nitrogens with one attached hydrogen (secondary N) is 1. The van der Waals surface area contributed by atoms with E-state index in [1.54, 1.807) is 37.3 Å². The van der Waals surface area contributed by atoms with Gasteiger partial charge in [-0.1, -0.05) is 47.6 Å². The van der Waals surface area contributed by atoms with E-state index in [-0.39, 0.29) is 41.8 Å². The standard InChI is InChI=1S/C43H44F2N7O14P/c1-25-17-43(66-48-25)14-13-26(2)51-21-33(43)52-20-31(39(55)47-18-28-11-12-30(44)16-32(28)45)36(54)37(35(52)40(51)56)65-41(57)49(3)38-29(10-7-15-46-38)19-50(42(58)63-24-64-67(59,60)61)22-34(53)62-23-27-8-5-4-6-9-27/h4-12,15-16,20,26,33H,13-14,17-19,21-24H2,1-3H3,(H,47,55)(H2,59,60,61)/t26-,33+,43-/m0/s1. The maximum absolute atomic E-state index is 14.6.